The summed E-state index contributed by atoms with van der Waals surface area (Å²) in [5.41, 5.74) is 1.69. The van der Waals surface area contributed by atoms with Crippen LogP contribution in [0.3, 0.4) is 0 Å². The average Bonchev–Trinajstić information content (AvgIpc) is 2.34. The maximum Gasteiger partial charge on any atom is 0.125 e. The third-order valence-electron chi connectivity index (χ3n) is 2.30. The van der Waals surface area contributed by atoms with Crippen molar-refractivity contribution in [1.82, 2.24) is 0 Å². The first-order valence-corrected chi connectivity index (χ1v) is 6.60. The SMILES string of the molecule is N#Cc1ccc(Br)cc1Nc1cc(F)ccc1Br. The largest absolute Gasteiger partial charge is 0.353 e. The van der Waals surface area contributed by atoms with E-state index in [9.17, 15) is 4.39 Å². The fourth-order valence-corrected chi connectivity index (χ4v) is 2.16. The van der Waals surface area contributed by atoms with Gasteiger partial charge >= 0.3 is 0 Å². The molecule has 0 amide bonds. The summed E-state index contributed by atoms with van der Waals surface area (Å²) in [6.45, 7) is 0. The quantitative estimate of drug-likeness (QED) is 0.811. The van der Waals surface area contributed by atoms with Crippen LogP contribution in [-0.4, -0.2) is 0 Å². The molecule has 2 rings (SSSR count). The van der Waals surface area contributed by atoms with Gasteiger partial charge in [-0.25, -0.2) is 4.39 Å². The van der Waals surface area contributed by atoms with Crippen LogP contribution in [-0.2, 0) is 0 Å². The van der Waals surface area contributed by atoms with Gasteiger partial charge in [0.1, 0.15) is 11.9 Å². The molecule has 0 radical (unpaired) electrons. The van der Waals surface area contributed by atoms with Crippen LogP contribution in [0.1, 0.15) is 5.56 Å². The van der Waals surface area contributed by atoms with Crippen molar-refractivity contribution in [3.05, 3.63) is 56.7 Å². The number of hydrogen-bond donors (Lipinski definition) is 1. The van der Waals surface area contributed by atoms with Crippen molar-refractivity contribution in [2.75, 3.05) is 5.32 Å². The predicted octanol–water partition coefficient (Wildman–Crippen LogP) is 4.97. The third-order valence-corrected chi connectivity index (χ3v) is 3.48. The fourth-order valence-electron chi connectivity index (χ4n) is 1.46. The smallest absolute Gasteiger partial charge is 0.125 e. The summed E-state index contributed by atoms with van der Waals surface area (Å²) in [5.74, 6) is -0.339. The lowest BCUT2D eigenvalue weighted by Gasteiger charge is -2.10. The zero-order valence-corrected chi connectivity index (χ0v) is 12.2. The number of nitrogens with one attached hydrogen (secondary N) is 1. The molecule has 18 heavy (non-hydrogen) atoms. The Kier molecular flexibility index (Phi) is 4.00. The lowest BCUT2D eigenvalue weighted by atomic mass is 10.2. The van der Waals surface area contributed by atoms with Crippen molar-refractivity contribution >= 4 is 43.2 Å². The molecule has 0 aliphatic heterocycles. The number of nitrogens with zero attached hydrogens (tertiary/aromatic N) is 1. The van der Waals surface area contributed by atoms with Crippen LogP contribution in [0.2, 0.25) is 0 Å². The van der Waals surface area contributed by atoms with E-state index < -0.39 is 0 Å². The van der Waals surface area contributed by atoms with Crippen molar-refractivity contribution in [1.29, 1.82) is 5.26 Å². The molecule has 2 aromatic rings. The van der Waals surface area contributed by atoms with E-state index in [1.54, 1.807) is 24.3 Å². The molecule has 2 nitrogen and oxygen atoms in total. The highest BCUT2D eigenvalue weighted by molar-refractivity contribution is 9.10. The van der Waals surface area contributed by atoms with E-state index in [0.717, 1.165) is 8.95 Å². The van der Waals surface area contributed by atoms with Gasteiger partial charge in [0.05, 0.1) is 16.9 Å². The normalized spacial score (nSPS) is 9.89. The highest BCUT2D eigenvalue weighted by Crippen LogP contribution is 2.29. The third kappa shape index (κ3) is 2.89. The second-order valence-corrected chi connectivity index (χ2v) is 5.32. The number of hydrogen-bond acceptors (Lipinski definition) is 2. The molecule has 90 valence electrons. The van der Waals surface area contributed by atoms with Crippen molar-refractivity contribution in [3.63, 3.8) is 0 Å². The lowest BCUT2D eigenvalue weighted by Crippen LogP contribution is -1.95. The van der Waals surface area contributed by atoms with Crippen LogP contribution in [0.5, 0.6) is 0 Å². The van der Waals surface area contributed by atoms with Gasteiger partial charge in [-0.05, 0) is 52.3 Å². The molecular formula is C13H7Br2FN2. The molecule has 5 heteroatoms. The highest BCUT2D eigenvalue weighted by Gasteiger charge is 2.06. The fraction of sp³-hybridized carbons (Fsp3) is 0. The molecule has 0 unspecified atom stereocenters. The molecule has 0 saturated carbocycles. The Morgan fingerprint density at radius 1 is 1.06 bits per heavy atom. The summed E-state index contributed by atoms with van der Waals surface area (Å²) >= 11 is 6.67. The zero-order valence-electron chi connectivity index (χ0n) is 9.05. The number of halogens is 3. The Hall–Kier alpha value is -1.38. The van der Waals surface area contributed by atoms with Gasteiger partial charge in [0.2, 0.25) is 0 Å². The molecule has 0 atom stereocenters. The number of anilines is 2. The van der Waals surface area contributed by atoms with Gasteiger partial charge in [-0.1, -0.05) is 15.9 Å². The van der Waals surface area contributed by atoms with Crippen molar-refractivity contribution in [2.45, 2.75) is 0 Å². The van der Waals surface area contributed by atoms with E-state index in [-0.39, 0.29) is 5.82 Å². The van der Waals surface area contributed by atoms with Crippen LogP contribution in [0.25, 0.3) is 0 Å². The lowest BCUT2D eigenvalue weighted by molar-refractivity contribution is 0.628. The van der Waals surface area contributed by atoms with Crippen LogP contribution in [0.15, 0.2) is 45.3 Å². The molecular weight excluding hydrogens is 363 g/mol. The molecule has 2 aromatic carbocycles. The molecule has 0 aliphatic carbocycles. The summed E-state index contributed by atoms with van der Waals surface area (Å²) in [7, 11) is 0. The maximum atomic E-state index is 13.2. The van der Waals surface area contributed by atoms with E-state index in [2.05, 4.69) is 43.2 Å². The summed E-state index contributed by atoms with van der Waals surface area (Å²) in [4.78, 5) is 0. The minimum Gasteiger partial charge on any atom is -0.353 e. The summed E-state index contributed by atoms with van der Waals surface area (Å²) in [5, 5.41) is 12.1. The molecule has 1 N–H and O–H groups in total. The first-order valence-electron chi connectivity index (χ1n) is 5.02. The molecule has 0 bridgehead atoms. The van der Waals surface area contributed by atoms with E-state index in [4.69, 9.17) is 5.26 Å². The second-order valence-electron chi connectivity index (χ2n) is 3.55. The van der Waals surface area contributed by atoms with Gasteiger partial charge in [0.15, 0.2) is 0 Å². The van der Waals surface area contributed by atoms with Crippen molar-refractivity contribution < 1.29 is 4.39 Å². The molecule has 0 aliphatic rings. The second kappa shape index (κ2) is 5.51. The van der Waals surface area contributed by atoms with Gasteiger partial charge in [-0.15, -0.1) is 0 Å². The van der Waals surface area contributed by atoms with E-state index in [0.29, 0.717) is 16.9 Å². The zero-order chi connectivity index (χ0) is 13.1. The first kappa shape index (κ1) is 13.1. The van der Waals surface area contributed by atoms with Crippen LogP contribution >= 0.6 is 31.9 Å². The Balaban J connectivity index is 2.43. The van der Waals surface area contributed by atoms with Gasteiger partial charge in [0, 0.05) is 8.95 Å². The monoisotopic (exact) mass is 368 g/mol. The Morgan fingerprint density at radius 3 is 2.56 bits per heavy atom. The molecule has 0 fully saturated rings. The Labute approximate surface area is 121 Å². The van der Waals surface area contributed by atoms with Gasteiger partial charge < -0.3 is 5.32 Å². The number of benzene rings is 2. The van der Waals surface area contributed by atoms with Crippen LogP contribution in [0.4, 0.5) is 15.8 Å². The number of nitriles is 1. The molecule has 0 heterocycles. The predicted molar refractivity (Wildman–Crippen MR) is 76.2 cm³/mol. The highest BCUT2D eigenvalue weighted by atomic mass is 79.9. The van der Waals surface area contributed by atoms with E-state index in [1.165, 1.54) is 12.1 Å². The first-order chi connectivity index (χ1) is 8.60. The topological polar surface area (TPSA) is 35.8 Å². The van der Waals surface area contributed by atoms with Crippen LogP contribution in [0, 0.1) is 17.1 Å². The minimum absolute atomic E-state index is 0.339. The van der Waals surface area contributed by atoms with Gasteiger partial charge in [-0.2, -0.15) is 5.26 Å². The summed E-state index contributed by atoms with van der Waals surface area (Å²) in [6.07, 6.45) is 0. The van der Waals surface area contributed by atoms with Gasteiger partial charge in [-0.3, -0.25) is 0 Å². The average molecular weight is 370 g/mol. The minimum atomic E-state index is -0.339. The van der Waals surface area contributed by atoms with Gasteiger partial charge in [0.25, 0.3) is 0 Å². The Bertz CT molecular complexity index is 635. The standard InChI is InChI=1S/C13H7Br2FN2/c14-9-2-1-8(7-17)12(5-9)18-13-6-10(16)3-4-11(13)15/h1-6,18H. The molecule has 0 aromatic heterocycles. The maximum absolute atomic E-state index is 13.2. The Morgan fingerprint density at radius 2 is 1.83 bits per heavy atom. The van der Waals surface area contributed by atoms with E-state index in [1.807, 2.05) is 0 Å². The molecule has 0 spiro atoms. The summed E-state index contributed by atoms with van der Waals surface area (Å²) in [6, 6.07) is 11.7. The van der Waals surface area contributed by atoms with Crippen molar-refractivity contribution in [2.24, 2.45) is 0 Å². The summed E-state index contributed by atoms with van der Waals surface area (Å²) < 4.78 is 14.7. The molecule has 0 saturated heterocycles. The van der Waals surface area contributed by atoms with E-state index >= 15 is 0 Å². The number of rotatable bonds is 2. The van der Waals surface area contributed by atoms with Crippen LogP contribution < -0.4 is 5.32 Å². The van der Waals surface area contributed by atoms with Crippen molar-refractivity contribution in [3.8, 4) is 6.07 Å².